The van der Waals surface area contributed by atoms with E-state index in [0.717, 1.165) is 11.6 Å². The zero-order valence-electron chi connectivity index (χ0n) is 9.14. The number of benzene rings is 1. The van der Waals surface area contributed by atoms with Gasteiger partial charge in [-0.05, 0) is 31.5 Å². The molecule has 0 unspecified atom stereocenters. The predicted molar refractivity (Wildman–Crippen MR) is 60.6 cm³/mol. The lowest BCUT2D eigenvalue weighted by Gasteiger charge is -2.08. The van der Waals surface area contributed by atoms with Crippen molar-refractivity contribution in [2.24, 2.45) is 0 Å². The number of halogens is 2. The molecule has 0 amide bonds. The predicted octanol–water partition coefficient (Wildman–Crippen LogP) is 3.25. The van der Waals surface area contributed by atoms with Crippen molar-refractivity contribution in [1.29, 1.82) is 0 Å². The fourth-order valence-electron chi connectivity index (χ4n) is 1.66. The molecular weight excluding hydrogens is 210 g/mol. The van der Waals surface area contributed by atoms with Gasteiger partial charge in [-0.25, -0.2) is 13.8 Å². The van der Waals surface area contributed by atoms with Gasteiger partial charge in [0.1, 0.15) is 17.2 Å². The van der Waals surface area contributed by atoms with E-state index in [0.29, 0.717) is 17.7 Å². The van der Waals surface area contributed by atoms with E-state index in [1.165, 1.54) is 6.07 Å². The Kier molecular flexibility index (Phi) is 2.73. The van der Waals surface area contributed by atoms with Crippen LogP contribution in [-0.2, 0) is 0 Å². The van der Waals surface area contributed by atoms with Crippen molar-refractivity contribution >= 4 is 16.7 Å². The minimum absolute atomic E-state index is 0.197. The number of anilines is 1. The van der Waals surface area contributed by atoms with Crippen LogP contribution in [0, 0.1) is 18.6 Å². The van der Waals surface area contributed by atoms with Crippen molar-refractivity contribution in [2.45, 2.75) is 13.8 Å². The van der Waals surface area contributed by atoms with Gasteiger partial charge in [-0.15, -0.1) is 0 Å². The smallest absolute Gasteiger partial charge is 0.152 e. The largest absolute Gasteiger partial charge is 0.370 e. The van der Waals surface area contributed by atoms with Crippen LogP contribution in [0.25, 0.3) is 10.9 Å². The maximum Gasteiger partial charge on any atom is 0.152 e. The van der Waals surface area contributed by atoms with E-state index >= 15 is 0 Å². The van der Waals surface area contributed by atoms with Crippen LogP contribution in [0.4, 0.5) is 14.6 Å². The summed E-state index contributed by atoms with van der Waals surface area (Å²) in [5.74, 6) is -0.572. The number of rotatable bonds is 2. The van der Waals surface area contributed by atoms with Gasteiger partial charge in [0, 0.05) is 18.0 Å². The summed E-state index contributed by atoms with van der Waals surface area (Å²) in [5, 5.41) is 3.52. The zero-order valence-corrected chi connectivity index (χ0v) is 9.14. The van der Waals surface area contributed by atoms with E-state index in [2.05, 4.69) is 10.3 Å². The molecular formula is C12H12F2N2. The average Bonchev–Trinajstić information content (AvgIpc) is 2.20. The summed E-state index contributed by atoms with van der Waals surface area (Å²) in [7, 11) is 0. The summed E-state index contributed by atoms with van der Waals surface area (Å²) >= 11 is 0. The molecule has 0 atom stereocenters. The minimum Gasteiger partial charge on any atom is -0.370 e. The van der Waals surface area contributed by atoms with E-state index in [9.17, 15) is 8.78 Å². The van der Waals surface area contributed by atoms with Crippen molar-refractivity contribution in [3.63, 3.8) is 0 Å². The van der Waals surface area contributed by atoms with Crippen LogP contribution in [0.5, 0.6) is 0 Å². The number of aromatic nitrogens is 1. The zero-order chi connectivity index (χ0) is 11.7. The number of pyridine rings is 1. The lowest BCUT2D eigenvalue weighted by Crippen LogP contribution is -2.02. The highest BCUT2D eigenvalue weighted by Gasteiger charge is 2.08. The molecule has 0 aliphatic rings. The number of hydrogen-bond acceptors (Lipinski definition) is 2. The van der Waals surface area contributed by atoms with Crippen LogP contribution in [0.15, 0.2) is 18.2 Å². The first kappa shape index (κ1) is 10.8. The molecule has 1 aromatic heterocycles. The molecule has 2 aromatic rings. The number of hydrogen-bond donors (Lipinski definition) is 1. The van der Waals surface area contributed by atoms with Gasteiger partial charge >= 0.3 is 0 Å². The summed E-state index contributed by atoms with van der Waals surface area (Å²) in [4.78, 5) is 4.15. The molecule has 0 saturated carbocycles. The maximum atomic E-state index is 13.5. The number of nitrogens with one attached hydrogen (secondary N) is 1. The van der Waals surface area contributed by atoms with Crippen LogP contribution in [-0.4, -0.2) is 11.5 Å². The lowest BCUT2D eigenvalue weighted by atomic mass is 10.1. The second kappa shape index (κ2) is 4.04. The Morgan fingerprint density at radius 2 is 2.00 bits per heavy atom. The Hall–Kier alpha value is -1.71. The normalized spacial score (nSPS) is 10.8. The standard InChI is InChI=1S/C12H12F2N2/c1-3-15-12-7(2)4-8-5-9(13)6-10(14)11(8)16-12/h4-6H,3H2,1-2H3,(H,15,16). The minimum atomic E-state index is -0.630. The summed E-state index contributed by atoms with van der Waals surface area (Å²) in [6.07, 6.45) is 0. The third-order valence-electron chi connectivity index (χ3n) is 2.37. The van der Waals surface area contributed by atoms with E-state index in [4.69, 9.17) is 0 Å². The van der Waals surface area contributed by atoms with Gasteiger partial charge in [0.15, 0.2) is 5.82 Å². The first-order valence-corrected chi connectivity index (χ1v) is 5.12. The van der Waals surface area contributed by atoms with Gasteiger partial charge in [-0.1, -0.05) is 0 Å². The number of nitrogens with zero attached hydrogens (tertiary/aromatic N) is 1. The van der Waals surface area contributed by atoms with Crippen LogP contribution >= 0.6 is 0 Å². The molecule has 1 aromatic carbocycles. The third kappa shape index (κ3) is 1.83. The van der Waals surface area contributed by atoms with Crippen molar-refractivity contribution in [3.05, 3.63) is 35.4 Å². The molecule has 2 rings (SSSR count). The average molecular weight is 222 g/mol. The van der Waals surface area contributed by atoms with Gasteiger partial charge in [-0.2, -0.15) is 0 Å². The summed E-state index contributed by atoms with van der Waals surface area (Å²) in [5.41, 5.74) is 1.07. The molecule has 0 aliphatic heterocycles. The second-order valence-corrected chi connectivity index (χ2v) is 3.64. The van der Waals surface area contributed by atoms with Gasteiger partial charge in [0.2, 0.25) is 0 Å². The molecule has 0 fully saturated rings. The number of fused-ring (bicyclic) bond motifs is 1. The summed E-state index contributed by atoms with van der Waals surface area (Å²) in [6, 6.07) is 3.86. The van der Waals surface area contributed by atoms with Crippen molar-refractivity contribution < 1.29 is 8.78 Å². The van der Waals surface area contributed by atoms with E-state index < -0.39 is 11.6 Å². The van der Waals surface area contributed by atoms with E-state index in [1.54, 1.807) is 6.07 Å². The van der Waals surface area contributed by atoms with Crippen LogP contribution in [0.2, 0.25) is 0 Å². The maximum absolute atomic E-state index is 13.5. The molecule has 0 spiro atoms. The Bertz CT molecular complexity index is 538. The van der Waals surface area contributed by atoms with Crippen LogP contribution in [0.3, 0.4) is 0 Å². The molecule has 4 heteroatoms. The highest BCUT2D eigenvalue weighted by atomic mass is 19.1. The second-order valence-electron chi connectivity index (χ2n) is 3.64. The molecule has 0 saturated heterocycles. The number of aryl methyl sites for hydroxylation is 1. The van der Waals surface area contributed by atoms with E-state index in [1.807, 2.05) is 13.8 Å². The van der Waals surface area contributed by atoms with Gasteiger partial charge in [0.05, 0.1) is 0 Å². The molecule has 1 N–H and O–H groups in total. The van der Waals surface area contributed by atoms with Crippen molar-refractivity contribution in [2.75, 3.05) is 11.9 Å². The Balaban J connectivity index is 2.69. The monoisotopic (exact) mass is 222 g/mol. The van der Waals surface area contributed by atoms with Crippen LogP contribution < -0.4 is 5.32 Å². The molecule has 2 nitrogen and oxygen atoms in total. The SMILES string of the molecule is CCNc1nc2c(F)cc(F)cc2cc1C. The highest BCUT2D eigenvalue weighted by molar-refractivity contribution is 5.82. The Morgan fingerprint density at radius 1 is 1.25 bits per heavy atom. The van der Waals surface area contributed by atoms with Crippen molar-refractivity contribution in [1.82, 2.24) is 4.98 Å². The first-order chi connectivity index (χ1) is 7.61. The quantitative estimate of drug-likeness (QED) is 0.843. The molecule has 84 valence electrons. The fourth-order valence-corrected chi connectivity index (χ4v) is 1.66. The van der Waals surface area contributed by atoms with Gasteiger partial charge < -0.3 is 5.32 Å². The van der Waals surface area contributed by atoms with Crippen molar-refractivity contribution in [3.8, 4) is 0 Å². The molecule has 0 radical (unpaired) electrons. The third-order valence-corrected chi connectivity index (χ3v) is 2.37. The molecule has 1 heterocycles. The molecule has 0 bridgehead atoms. The summed E-state index contributed by atoms with van der Waals surface area (Å²) < 4.78 is 26.5. The van der Waals surface area contributed by atoms with Crippen LogP contribution in [0.1, 0.15) is 12.5 Å². The molecule has 0 aliphatic carbocycles. The lowest BCUT2D eigenvalue weighted by molar-refractivity contribution is 0.590. The van der Waals surface area contributed by atoms with E-state index in [-0.39, 0.29) is 5.52 Å². The summed E-state index contributed by atoms with van der Waals surface area (Å²) in [6.45, 7) is 4.50. The molecule has 16 heavy (non-hydrogen) atoms. The van der Waals surface area contributed by atoms with Gasteiger partial charge in [-0.3, -0.25) is 0 Å². The fraction of sp³-hybridized carbons (Fsp3) is 0.250. The Labute approximate surface area is 92.3 Å². The topological polar surface area (TPSA) is 24.9 Å². The Morgan fingerprint density at radius 3 is 2.69 bits per heavy atom. The first-order valence-electron chi connectivity index (χ1n) is 5.12. The van der Waals surface area contributed by atoms with Gasteiger partial charge in [0.25, 0.3) is 0 Å². The highest BCUT2D eigenvalue weighted by Crippen LogP contribution is 2.23.